The molecule has 6 nitrogen and oxygen atoms in total. The Hall–Kier alpha value is -2.77. The molecule has 3 aromatic heterocycles. The lowest BCUT2D eigenvalue weighted by atomic mass is 10.1. The van der Waals surface area contributed by atoms with Crippen LogP contribution in [0.3, 0.4) is 0 Å². The van der Waals surface area contributed by atoms with E-state index in [9.17, 15) is 0 Å². The van der Waals surface area contributed by atoms with Gasteiger partial charge >= 0.3 is 0 Å². The van der Waals surface area contributed by atoms with E-state index in [0.29, 0.717) is 12.4 Å². The van der Waals surface area contributed by atoms with Gasteiger partial charge in [0.15, 0.2) is 0 Å². The van der Waals surface area contributed by atoms with Gasteiger partial charge in [-0.15, -0.1) is 11.3 Å². The van der Waals surface area contributed by atoms with Crippen LogP contribution in [0.15, 0.2) is 49.1 Å². The molecule has 25 heavy (non-hydrogen) atoms. The second kappa shape index (κ2) is 6.62. The number of hydrogen-bond acceptors (Lipinski definition) is 6. The summed E-state index contributed by atoms with van der Waals surface area (Å²) in [5.41, 5.74) is 9.06. The van der Waals surface area contributed by atoms with Gasteiger partial charge in [0.2, 0.25) is 0 Å². The van der Waals surface area contributed by atoms with Crippen LogP contribution in [-0.4, -0.2) is 33.2 Å². The molecule has 0 bridgehead atoms. The number of anilines is 1. The summed E-state index contributed by atoms with van der Waals surface area (Å²) in [5.74, 6) is 0.497. The number of nitrogens with two attached hydrogens (primary N) is 1. The number of methoxy groups -OCH3 is 1. The largest absolute Gasteiger partial charge is 0.383 e. The quantitative estimate of drug-likeness (QED) is 0.596. The van der Waals surface area contributed by atoms with Gasteiger partial charge in [0.1, 0.15) is 17.0 Å². The molecule has 0 spiro atoms. The average Bonchev–Trinajstić information content (AvgIpc) is 3.25. The van der Waals surface area contributed by atoms with Crippen LogP contribution in [0.25, 0.3) is 32.0 Å². The molecule has 0 radical (unpaired) electrons. The SMILES string of the molecule is COCCn1cnc(-c2ccccc2)c1-c1cc2c(N)ncnc2s1. The molecule has 0 saturated heterocycles. The summed E-state index contributed by atoms with van der Waals surface area (Å²) < 4.78 is 7.35. The van der Waals surface area contributed by atoms with Gasteiger partial charge in [0.05, 0.1) is 34.6 Å². The van der Waals surface area contributed by atoms with Gasteiger partial charge in [0, 0.05) is 19.2 Å². The molecule has 0 atom stereocenters. The van der Waals surface area contributed by atoms with E-state index in [0.717, 1.165) is 38.6 Å². The fourth-order valence-electron chi connectivity index (χ4n) is 2.80. The van der Waals surface area contributed by atoms with Crippen molar-refractivity contribution in [1.29, 1.82) is 0 Å². The standard InChI is InChI=1S/C18H17N5OS/c1-24-8-7-23-11-22-15(12-5-3-2-4-6-12)16(23)14-9-13-17(19)20-10-21-18(13)25-14/h2-6,9-11H,7-8H2,1H3,(H2,19,20,21). The molecule has 3 heterocycles. The Morgan fingerprint density at radius 1 is 1.16 bits per heavy atom. The molecule has 0 aliphatic heterocycles. The Bertz CT molecular complexity index is 1010. The number of benzene rings is 1. The van der Waals surface area contributed by atoms with Crippen molar-refractivity contribution >= 4 is 27.4 Å². The molecule has 2 N–H and O–H groups in total. The summed E-state index contributed by atoms with van der Waals surface area (Å²) in [6, 6.07) is 12.2. The van der Waals surface area contributed by atoms with Gasteiger partial charge in [-0.3, -0.25) is 0 Å². The predicted molar refractivity (Wildman–Crippen MR) is 100 cm³/mol. The number of nitrogens with zero attached hydrogens (tertiary/aromatic N) is 4. The predicted octanol–water partition coefficient (Wildman–Crippen LogP) is 3.45. The number of imidazole rings is 1. The van der Waals surface area contributed by atoms with Crippen LogP contribution >= 0.6 is 11.3 Å². The highest BCUT2D eigenvalue weighted by Crippen LogP contribution is 2.38. The van der Waals surface area contributed by atoms with E-state index in [1.165, 1.54) is 6.33 Å². The first-order valence-corrected chi connectivity index (χ1v) is 8.69. The van der Waals surface area contributed by atoms with E-state index < -0.39 is 0 Å². The Balaban J connectivity index is 1.90. The highest BCUT2D eigenvalue weighted by molar-refractivity contribution is 7.21. The van der Waals surface area contributed by atoms with Crippen LogP contribution in [0, 0.1) is 0 Å². The molecule has 0 fully saturated rings. The van der Waals surface area contributed by atoms with Crippen LogP contribution in [-0.2, 0) is 11.3 Å². The number of fused-ring (bicyclic) bond motifs is 1. The van der Waals surface area contributed by atoms with Crippen LogP contribution in [0.1, 0.15) is 0 Å². The fraction of sp³-hybridized carbons (Fsp3) is 0.167. The molecule has 1 aromatic carbocycles. The van der Waals surface area contributed by atoms with Crippen molar-refractivity contribution in [2.75, 3.05) is 19.5 Å². The number of hydrogen-bond donors (Lipinski definition) is 1. The Morgan fingerprint density at radius 2 is 2.00 bits per heavy atom. The van der Waals surface area contributed by atoms with E-state index in [1.54, 1.807) is 18.4 Å². The maximum Gasteiger partial charge on any atom is 0.135 e. The topological polar surface area (TPSA) is 78.9 Å². The number of ether oxygens (including phenoxy) is 1. The van der Waals surface area contributed by atoms with Gasteiger partial charge in [0.25, 0.3) is 0 Å². The third-order valence-electron chi connectivity index (χ3n) is 4.01. The van der Waals surface area contributed by atoms with Gasteiger partial charge in [-0.25, -0.2) is 15.0 Å². The zero-order valence-corrected chi connectivity index (χ0v) is 14.5. The number of thiophene rings is 1. The van der Waals surface area contributed by atoms with E-state index in [2.05, 4.69) is 31.7 Å². The normalized spacial score (nSPS) is 11.2. The lowest BCUT2D eigenvalue weighted by Crippen LogP contribution is -2.04. The summed E-state index contributed by atoms with van der Waals surface area (Å²) in [7, 11) is 1.70. The van der Waals surface area contributed by atoms with Crippen LogP contribution < -0.4 is 5.73 Å². The van der Waals surface area contributed by atoms with Gasteiger partial charge < -0.3 is 15.0 Å². The minimum atomic E-state index is 0.497. The molecule has 0 saturated carbocycles. The van der Waals surface area contributed by atoms with E-state index in [-0.39, 0.29) is 0 Å². The monoisotopic (exact) mass is 351 g/mol. The van der Waals surface area contributed by atoms with E-state index in [1.807, 2.05) is 30.6 Å². The molecular weight excluding hydrogens is 334 g/mol. The Labute approximate surface area is 148 Å². The van der Waals surface area contributed by atoms with E-state index in [4.69, 9.17) is 10.5 Å². The van der Waals surface area contributed by atoms with Crippen LogP contribution in [0.5, 0.6) is 0 Å². The lowest BCUT2D eigenvalue weighted by molar-refractivity contribution is 0.187. The van der Waals surface area contributed by atoms with Crippen molar-refractivity contribution in [3.8, 4) is 21.8 Å². The first kappa shape index (κ1) is 15.7. The maximum absolute atomic E-state index is 6.00. The molecule has 4 aromatic rings. The summed E-state index contributed by atoms with van der Waals surface area (Å²) >= 11 is 1.59. The fourth-order valence-corrected chi connectivity index (χ4v) is 3.87. The molecule has 7 heteroatoms. The minimum Gasteiger partial charge on any atom is -0.383 e. The molecule has 0 aliphatic carbocycles. The minimum absolute atomic E-state index is 0.497. The second-order valence-electron chi connectivity index (χ2n) is 5.58. The zero-order chi connectivity index (χ0) is 17.2. The van der Waals surface area contributed by atoms with Crippen molar-refractivity contribution < 1.29 is 4.74 Å². The Kier molecular flexibility index (Phi) is 4.17. The second-order valence-corrected chi connectivity index (χ2v) is 6.61. The van der Waals surface area contributed by atoms with Crippen molar-refractivity contribution in [2.24, 2.45) is 0 Å². The molecule has 126 valence electrons. The van der Waals surface area contributed by atoms with Crippen molar-refractivity contribution in [2.45, 2.75) is 6.54 Å². The Morgan fingerprint density at radius 3 is 2.76 bits per heavy atom. The summed E-state index contributed by atoms with van der Waals surface area (Å²) in [5, 5.41) is 0.876. The molecular formula is C18H17N5OS. The molecule has 0 unspecified atom stereocenters. The third kappa shape index (κ3) is 2.88. The highest BCUT2D eigenvalue weighted by atomic mass is 32.1. The van der Waals surface area contributed by atoms with Crippen molar-refractivity contribution in [3.05, 3.63) is 49.1 Å². The number of aromatic nitrogens is 4. The van der Waals surface area contributed by atoms with Gasteiger partial charge in [-0.1, -0.05) is 30.3 Å². The van der Waals surface area contributed by atoms with E-state index >= 15 is 0 Å². The van der Waals surface area contributed by atoms with Crippen molar-refractivity contribution in [3.63, 3.8) is 0 Å². The van der Waals surface area contributed by atoms with Crippen LogP contribution in [0.4, 0.5) is 5.82 Å². The molecule has 4 rings (SSSR count). The highest BCUT2D eigenvalue weighted by Gasteiger charge is 2.18. The number of rotatable bonds is 5. The van der Waals surface area contributed by atoms with Gasteiger partial charge in [-0.2, -0.15) is 0 Å². The smallest absolute Gasteiger partial charge is 0.135 e. The molecule has 0 amide bonds. The lowest BCUT2D eigenvalue weighted by Gasteiger charge is -2.08. The molecule has 0 aliphatic rings. The first-order valence-electron chi connectivity index (χ1n) is 7.88. The van der Waals surface area contributed by atoms with Gasteiger partial charge in [-0.05, 0) is 6.07 Å². The third-order valence-corrected chi connectivity index (χ3v) is 5.06. The first-order chi connectivity index (χ1) is 12.3. The van der Waals surface area contributed by atoms with Crippen molar-refractivity contribution in [1.82, 2.24) is 19.5 Å². The summed E-state index contributed by atoms with van der Waals surface area (Å²) in [6.45, 7) is 1.34. The number of nitrogen functional groups attached to an aromatic ring is 1. The summed E-state index contributed by atoms with van der Waals surface area (Å²) in [4.78, 5) is 15.0. The zero-order valence-electron chi connectivity index (χ0n) is 13.7. The van der Waals surface area contributed by atoms with Crippen LogP contribution in [0.2, 0.25) is 0 Å². The summed E-state index contributed by atoms with van der Waals surface area (Å²) in [6.07, 6.45) is 3.36. The average molecular weight is 351 g/mol. The maximum atomic E-state index is 6.00.